The molecule has 0 spiro atoms. The summed E-state index contributed by atoms with van der Waals surface area (Å²) < 4.78 is 9.52. The zero-order valence-corrected chi connectivity index (χ0v) is 10.6. The summed E-state index contributed by atoms with van der Waals surface area (Å²) in [6.45, 7) is 4.63. The van der Waals surface area contributed by atoms with Crippen LogP contribution >= 0.6 is 0 Å². The lowest BCUT2D eigenvalue weighted by Gasteiger charge is -2.26. The van der Waals surface area contributed by atoms with Crippen molar-refractivity contribution in [3.8, 4) is 0 Å². The number of amides is 1. The second kappa shape index (κ2) is 6.07. The van der Waals surface area contributed by atoms with Gasteiger partial charge in [0, 0.05) is 0 Å². The Balaban J connectivity index is 4.61. The first-order valence-electron chi connectivity index (χ1n) is 5.03. The lowest BCUT2D eigenvalue weighted by atomic mass is 10.2. The summed E-state index contributed by atoms with van der Waals surface area (Å²) in [5.74, 6) is -0.836. The highest BCUT2D eigenvalue weighted by atomic mass is 16.6. The number of hydrogen-bond acceptors (Lipinski definition) is 5. The van der Waals surface area contributed by atoms with Crippen molar-refractivity contribution in [2.24, 2.45) is 5.73 Å². The molecule has 7 nitrogen and oxygen atoms in total. The van der Waals surface area contributed by atoms with E-state index in [2.05, 4.69) is 4.74 Å². The number of rotatable bonds is 4. The molecule has 0 heterocycles. The molecular formula is C10H19N3O4. The van der Waals surface area contributed by atoms with Crippen LogP contribution in [0.15, 0.2) is 0 Å². The van der Waals surface area contributed by atoms with E-state index in [4.69, 9.17) is 15.9 Å². The predicted molar refractivity (Wildman–Crippen MR) is 61.7 cm³/mol. The van der Waals surface area contributed by atoms with Crippen molar-refractivity contribution in [1.29, 1.82) is 5.41 Å². The SMILES string of the molecule is COC(=O)CN(CC(=N)N)C(=O)OC(C)(C)C. The van der Waals surface area contributed by atoms with Crippen LogP contribution in [0.5, 0.6) is 0 Å². The molecule has 0 radical (unpaired) electrons. The first-order chi connectivity index (χ1) is 7.65. The van der Waals surface area contributed by atoms with Crippen LogP contribution in [0.4, 0.5) is 4.79 Å². The van der Waals surface area contributed by atoms with Crippen molar-refractivity contribution in [3.05, 3.63) is 0 Å². The summed E-state index contributed by atoms with van der Waals surface area (Å²) in [5.41, 5.74) is 4.52. The Morgan fingerprint density at radius 2 is 1.82 bits per heavy atom. The molecule has 3 N–H and O–H groups in total. The Morgan fingerprint density at radius 3 is 2.18 bits per heavy atom. The summed E-state index contributed by atoms with van der Waals surface area (Å²) in [6.07, 6.45) is -0.710. The number of carbonyl (C=O) groups excluding carboxylic acids is 2. The molecule has 0 saturated carbocycles. The van der Waals surface area contributed by atoms with Crippen LogP contribution in [-0.2, 0) is 14.3 Å². The number of nitrogens with two attached hydrogens (primary N) is 1. The van der Waals surface area contributed by atoms with Crippen molar-refractivity contribution in [2.45, 2.75) is 26.4 Å². The van der Waals surface area contributed by atoms with Crippen LogP contribution in [-0.4, -0.2) is 48.6 Å². The minimum absolute atomic E-state index is 0.177. The maximum atomic E-state index is 11.7. The van der Waals surface area contributed by atoms with Gasteiger partial charge in [0.15, 0.2) is 0 Å². The van der Waals surface area contributed by atoms with E-state index in [1.165, 1.54) is 7.11 Å². The predicted octanol–water partition coefficient (Wildman–Crippen LogP) is 0.332. The third-order valence-corrected chi connectivity index (χ3v) is 1.56. The molecule has 0 aromatic rings. The minimum Gasteiger partial charge on any atom is -0.468 e. The fourth-order valence-corrected chi connectivity index (χ4v) is 0.937. The summed E-state index contributed by atoms with van der Waals surface area (Å²) in [6, 6.07) is 0. The van der Waals surface area contributed by atoms with E-state index in [1.807, 2.05) is 0 Å². The third-order valence-electron chi connectivity index (χ3n) is 1.56. The van der Waals surface area contributed by atoms with Crippen LogP contribution in [0.25, 0.3) is 0 Å². The highest BCUT2D eigenvalue weighted by molar-refractivity contribution is 5.85. The smallest absolute Gasteiger partial charge is 0.411 e. The van der Waals surface area contributed by atoms with Crippen LogP contribution in [0.3, 0.4) is 0 Å². The van der Waals surface area contributed by atoms with Gasteiger partial charge in [-0.05, 0) is 20.8 Å². The van der Waals surface area contributed by atoms with Gasteiger partial charge in [-0.1, -0.05) is 0 Å². The highest BCUT2D eigenvalue weighted by Gasteiger charge is 2.24. The van der Waals surface area contributed by atoms with Gasteiger partial charge in [-0.25, -0.2) is 4.79 Å². The molecule has 0 rings (SSSR count). The molecule has 0 bridgehead atoms. The van der Waals surface area contributed by atoms with Crippen LogP contribution < -0.4 is 5.73 Å². The topological polar surface area (TPSA) is 106 Å². The molecule has 0 aliphatic carbocycles. The molecule has 0 aromatic carbocycles. The van der Waals surface area contributed by atoms with E-state index in [0.717, 1.165) is 4.90 Å². The second-order valence-corrected chi connectivity index (χ2v) is 4.44. The summed E-state index contributed by atoms with van der Waals surface area (Å²) >= 11 is 0. The van der Waals surface area contributed by atoms with Gasteiger partial charge < -0.3 is 15.2 Å². The van der Waals surface area contributed by atoms with Gasteiger partial charge in [0.05, 0.1) is 13.7 Å². The molecule has 0 fully saturated rings. The number of hydrogen-bond donors (Lipinski definition) is 2. The molecule has 0 unspecified atom stereocenters. The Bertz CT molecular complexity index is 309. The molecule has 17 heavy (non-hydrogen) atoms. The fourth-order valence-electron chi connectivity index (χ4n) is 0.937. The molecule has 0 aliphatic rings. The molecule has 98 valence electrons. The molecular weight excluding hydrogens is 226 g/mol. The van der Waals surface area contributed by atoms with E-state index in [9.17, 15) is 9.59 Å². The molecule has 0 aliphatic heterocycles. The fraction of sp³-hybridized carbons (Fsp3) is 0.700. The quantitative estimate of drug-likeness (QED) is 0.422. The number of ether oxygens (including phenoxy) is 2. The average Bonchev–Trinajstić information content (AvgIpc) is 2.13. The number of esters is 1. The van der Waals surface area contributed by atoms with E-state index in [-0.39, 0.29) is 18.9 Å². The van der Waals surface area contributed by atoms with Gasteiger partial charge in [-0.2, -0.15) is 0 Å². The van der Waals surface area contributed by atoms with E-state index in [1.54, 1.807) is 20.8 Å². The summed E-state index contributed by atoms with van der Waals surface area (Å²) in [7, 11) is 1.21. The number of methoxy groups -OCH3 is 1. The number of nitrogens with zero attached hydrogens (tertiary/aromatic N) is 1. The standard InChI is InChI=1S/C10H19N3O4/c1-10(2,3)17-9(15)13(5-7(11)12)6-8(14)16-4/h5-6H2,1-4H3,(H3,11,12). The largest absolute Gasteiger partial charge is 0.468 e. The van der Waals surface area contributed by atoms with Crippen molar-refractivity contribution >= 4 is 17.9 Å². The Morgan fingerprint density at radius 1 is 1.29 bits per heavy atom. The Kier molecular flexibility index (Phi) is 5.43. The normalized spacial score (nSPS) is 10.6. The lowest BCUT2D eigenvalue weighted by molar-refractivity contribution is -0.141. The maximum absolute atomic E-state index is 11.7. The minimum atomic E-state index is -0.710. The molecule has 7 heteroatoms. The van der Waals surface area contributed by atoms with Crippen molar-refractivity contribution in [3.63, 3.8) is 0 Å². The second-order valence-electron chi connectivity index (χ2n) is 4.44. The van der Waals surface area contributed by atoms with Gasteiger partial charge in [0.25, 0.3) is 0 Å². The molecule has 1 amide bonds. The van der Waals surface area contributed by atoms with Gasteiger partial charge in [0.1, 0.15) is 18.0 Å². The van der Waals surface area contributed by atoms with Gasteiger partial charge in [-0.3, -0.25) is 15.1 Å². The number of nitrogens with one attached hydrogen (secondary N) is 1. The van der Waals surface area contributed by atoms with Crippen LogP contribution in [0.2, 0.25) is 0 Å². The Hall–Kier alpha value is -1.79. The highest BCUT2D eigenvalue weighted by Crippen LogP contribution is 2.09. The van der Waals surface area contributed by atoms with E-state index in [0.29, 0.717) is 0 Å². The van der Waals surface area contributed by atoms with E-state index < -0.39 is 17.7 Å². The average molecular weight is 245 g/mol. The van der Waals surface area contributed by atoms with Crippen molar-refractivity contribution in [2.75, 3.05) is 20.2 Å². The van der Waals surface area contributed by atoms with Crippen LogP contribution in [0, 0.1) is 5.41 Å². The Labute approximate surface area is 100 Å². The zero-order chi connectivity index (χ0) is 13.6. The summed E-state index contributed by atoms with van der Waals surface area (Å²) in [4.78, 5) is 23.8. The van der Waals surface area contributed by atoms with Crippen molar-refractivity contribution < 1.29 is 19.1 Å². The maximum Gasteiger partial charge on any atom is 0.411 e. The van der Waals surface area contributed by atoms with E-state index >= 15 is 0 Å². The van der Waals surface area contributed by atoms with Gasteiger partial charge >= 0.3 is 12.1 Å². The van der Waals surface area contributed by atoms with Crippen molar-refractivity contribution in [1.82, 2.24) is 4.90 Å². The van der Waals surface area contributed by atoms with Gasteiger partial charge in [0.2, 0.25) is 0 Å². The first kappa shape index (κ1) is 15.2. The monoisotopic (exact) mass is 245 g/mol. The zero-order valence-electron chi connectivity index (χ0n) is 10.6. The summed E-state index contributed by atoms with van der Waals surface area (Å²) in [5, 5.41) is 7.13. The van der Waals surface area contributed by atoms with Gasteiger partial charge in [-0.15, -0.1) is 0 Å². The first-order valence-corrected chi connectivity index (χ1v) is 5.03. The van der Waals surface area contributed by atoms with Crippen LogP contribution in [0.1, 0.15) is 20.8 Å². The molecule has 0 aromatic heterocycles. The number of amidine groups is 1. The third kappa shape index (κ3) is 7.15. The number of carbonyl (C=O) groups is 2. The molecule has 0 atom stereocenters. The lowest BCUT2D eigenvalue weighted by Crippen LogP contribution is -2.44. The molecule has 0 saturated heterocycles.